The molecule has 0 spiro atoms. The number of hydrogen-bond acceptors (Lipinski definition) is 5. The van der Waals surface area contributed by atoms with Crippen molar-refractivity contribution in [2.24, 2.45) is 5.92 Å². The van der Waals surface area contributed by atoms with Gasteiger partial charge in [0.05, 0.1) is 18.8 Å². The molecule has 4 aromatic rings. The predicted molar refractivity (Wildman–Crippen MR) is 175 cm³/mol. The molecular weight excluding hydrogens is 619 g/mol. The van der Waals surface area contributed by atoms with Crippen LogP contribution in [0.15, 0.2) is 109 Å². The summed E-state index contributed by atoms with van der Waals surface area (Å²) in [5, 5.41) is 12.2. The van der Waals surface area contributed by atoms with E-state index in [-0.39, 0.29) is 24.7 Å². The summed E-state index contributed by atoms with van der Waals surface area (Å²) in [4.78, 5) is 14.7. The molecule has 9 heteroatoms. The van der Waals surface area contributed by atoms with Gasteiger partial charge in [-0.05, 0) is 34.4 Å². The van der Waals surface area contributed by atoms with Crippen LogP contribution in [-0.2, 0) is 34.0 Å². The molecule has 1 fully saturated rings. The number of nitrogens with zero attached hydrogens (tertiary/aromatic N) is 1. The van der Waals surface area contributed by atoms with Gasteiger partial charge >= 0.3 is 0 Å². The molecule has 0 bridgehead atoms. The fourth-order valence-electron chi connectivity index (χ4n) is 5.42. The first-order chi connectivity index (χ1) is 21.2. The van der Waals surface area contributed by atoms with Crippen LogP contribution < -0.4 is 5.32 Å². The van der Waals surface area contributed by atoms with E-state index in [2.05, 4.69) is 65.7 Å². The molecule has 0 unspecified atom stereocenters. The quantitative estimate of drug-likeness (QED) is 0.170. The summed E-state index contributed by atoms with van der Waals surface area (Å²) in [7, 11) is 0. The van der Waals surface area contributed by atoms with E-state index in [4.69, 9.17) is 44.3 Å². The molecule has 0 saturated carbocycles. The van der Waals surface area contributed by atoms with Gasteiger partial charge in [-0.2, -0.15) is 0 Å². The maximum atomic E-state index is 12.3. The minimum Gasteiger partial charge on any atom is -0.392 e. The van der Waals surface area contributed by atoms with Gasteiger partial charge in [-0.1, -0.05) is 139 Å². The van der Waals surface area contributed by atoms with E-state index in [1.165, 1.54) is 11.1 Å². The number of anilines is 1. The maximum absolute atomic E-state index is 12.3. The molecule has 6 nitrogen and oxygen atoms in total. The molecule has 1 heterocycles. The van der Waals surface area contributed by atoms with Crippen molar-refractivity contribution in [1.29, 1.82) is 0 Å². The maximum Gasteiger partial charge on any atom is 0.276 e. The van der Waals surface area contributed by atoms with Crippen molar-refractivity contribution in [1.82, 2.24) is 4.90 Å². The number of benzene rings is 4. The van der Waals surface area contributed by atoms with E-state index in [0.29, 0.717) is 12.2 Å². The van der Waals surface area contributed by atoms with Gasteiger partial charge in [0, 0.05) is 36.8 Å². The Hall–Kier alpha value is -2.94. The van der Waals surface area contributed by atoms with Crippen molar-refractivity contribution in [3.05, 3.63) is 137 Å². The van der Waals surface area contributed by atoms with Gasteiger partial charge in [0.25, 0.3) is 9.70 Å². The monoisotopic (exact) mass is 652 g/mol. The summed E-state index contributed by atoms with van der Waals surface area (Å²) in [6.45, 7) is 4.27. The van der Waals surface area contributed by atoms with E-state index in [1.807, 2.05) is 42.5 Å². The molecule has 4 atom stereocenters. The van der Waals surface area contributed by atoms with E-state index >= 15 is 0 Å². The summed E-state index contributed by atoms with van der Waals surface area (Å²) in [6, 6.07) is 35.8. The third-order valence-corrected chi connectivity index (χ3v) is 8.25. The highest BCUT2D eigenvalue weighted by Gasteiger charge is 2.39. The molecule has 44 heavy (non-hydrogen) atoms. The summed E-state index contributed by atoms with van der Waals surface area (Å²) in [6.07, 6.45) is -1.22. The number of nitrogens with one attached hydrogen (secondary N) is 1. The molecule has 0 aliphatic carbocycles. The van der Waals surface area contributed by atoms with Crippen molar-refractivity contribution in [3.8, 4) is 0 Å². The molecule has 0 aromatic heterocycles. The second kappa shape index (κ2) is 14.9. The van der Waals surface area contributed by atoms with Crippen LogP contribution in [0.3, 0.4) is 0 Å². The number of carbonyl (C=O) groups is 1. The van der Waals surface area contributed by atoms with Crippen molar-refractivity contribution in [2.45, 2.75) is 48.9 Å². The normalized spacial score (nSPS) is 20.4. The number of carbonyl (C=O) groups excluding carboxylic acids is 1. The predicted octanol–water partition coefficient (Wildman–Crippen LogP) is 7.98. The standard InChI is InChI=1S/C35H35Cl3N2O4/c1-24-31(22-40(20-25-9-4-2-5-10-25)21-26-11-6-3-7-12-26)43-33(44-32(24)28-17-15-27(23-41)16-18-28)29-13-8-14-30(19-29)39-34(42)35(36,37)38/h2-19,24,31-33,41H,20-23H2,1H3,(H,39,42)/t24-,31+,32+,33+/m0/s1. The number of halogens is 3. The SMILES string of the molecule is C[C@H]1[C@@H](CN(Cc2ccccc2)Cc2ccccc2)O[C@@H](c2cccc(NC(=O)C(Cl)(Cl)Cl)c2)O[C@H]1c1ccc(CO)cc1. The van der Waals surface area contributed by atoms with Crippen LogP contribution in [0.25, 0.3) is 0 Å². The minimum atomic E-state index is -2.10. The van der Waals surface area contributed by atoms with Crippen LogP contribution in [0.2, 0.25) is 0 Å². The zero-order valence-corrected chi connectivity index (χ0v) is 26.6. The third kappa shape index (κ3) is 8.61. The topological polar surface area (TPSA) is 71.0 Å². The highest BCUT2D eigenvalue weighted by Crippen LogP contribution is 2.42. The van der Waals surface area contributed by atoms with E-state index in [0.717, 1.165) is 29.8 Å². The van der Waals surface area contributed by atoms with Gasteiger partial charge in [-0.25, -0.2) is 0 Å². The van der Waals surface area contributed by atoms with E-state index in [1.54, 1.807) is 18.2 Å². The van der Waals surface area contributed by atoms with Crippen molar-refractivity contribution in [3.63, 3.8) is 0 Å². The second-order valence-electron chi connectivity index (χ2n) is 11.0. The zero-order valence-electron chi connectivity index (χ0n) is 24.3. The number of amides is 1. The third-order valence-electron chi connectivity index (χ3n) is 7.73. The van der Waals surface area contributed by atoms with Gasteiger partial charge in [0.1, 0.15) is 0 Å². The Morgan fingerprint density at radius 2 is 1.41 bits per heavy atom. The lowest BCUT2D eigenvalue weighted by atomic mass is 9.89. The van der Waals surface area contributed by atoms with Gasteiger partial charge in [0.2, 0.25) is 0 Å². The van der Waals surface area contributed by atoms with E-state index < -0.39 is 16.0 Å². The van der Waals surface area contributed by atoms with Crippen LogP contribution in [0.1, 0.15) is 47.1 Å². The first kappa shape index (κ1) is 32.5. The first-order valence-electron chi connectivity index (χ1n) is 14.5. The molecule has 1 saturated heterocycles. The fourth-order valence-corrected chi connectivity index (χ4v) is 5.56. The summed E-state index contributed by atoms with van der Waals surface area (Å²) < 4.78 is 11.2. The smallest absolute Gasteiger partial charge is 0.276 e. The molecule has 0 radical (unpaired) electrons. The molecule has 5 rings (SSSR count). The lowest BCUT2D eigenvalue weighted by Gasteiger charge is -2.43. The number of hydrogen-bond donors (Lipinski definition) is 2. The van der Waals surface area contributed by atoms with Crippen LogP contribution in [0, 0.1) is 5.92 Å². The largest absolute Gasteiger partial charge is 0.392 e. The lowest BCUT2D eigenvalue weighted by Crippen LogP contribution is -2.44. The van der Waals surface area contributed by atoms with Gasteiger partial charge in [0.15, 0.2) is 6.29 Å². The molecule has 1 amide bonds. The molecule has 1 aliphatic heterocycles. The average molecular weight is 654 g/mol. The highest BCUT2D eigenvalue weighted by atomic mass is 35.6. The molecule has 2 N–H and O–H groups in total. The lowest BCUT2D eigenvalue weighted by molar-refractivity contribution is -0.276. The molecule has 230 valence electrons. The van der Waals surface area contributed by atoms with Crippen LogP contribution >= 0.6 is 34.8 Å². The Balaban J connectivity index is 1.45. The van der Waals surface area contributed by atoms with Crippen molar-refractivity contribution < 1.29 is 19.4 Å². The van der Waals surface area contributed by atoms with Gasteiger partial charge in [-0.3, -0.25) is 9.69 Å². The minimum absolute atomic E-state index is 0.00693. The Bertz CT molecular complexity index is 1460. The molecule has 4 aromatic carbocycles. The van der Waals surface area contributed by atoms with Crippen molar-refractivity contribution >= 4 is 46.4 Å². The summed E-state index contributed by atoms with van der Waals surface area (Å²) in [5.74, 6) is -0.761. The number of alkyl halides is 3. The number of ether oxygens (including phenoxy) is 2. The number of aliphatic hydroxyl groups is 1. The van der Waals surface area contributed by atoms with Crippen LogP contribution in [-0.4, -0.2) is 32.4 Å². The molecular formula is C35H35Cl3N2O4. The van der Waals surface area contributed by atoms with Crippen LogP contribution in [0.5, 0.6) is 0 Å². The summed E-state index contributed by atoms with van der Waals surface area (Å²) in [5.41, 5.74) is 5.43. The zero-order chi connectivity index (χ0) is 31.1. The van der Waals surface area contributed by atoms with Crippen molar-refractivity contribution in [2.75, 3.05) is 11.9 Å². The first-order valence-corrected chi connectivity index (χ1v) is 15.6. The Morgan fingerprint density at radius 3 is 1.98 bits per heavy atom. The Kier molecular flexibility index (Phi) is 11.0. The Labute approximate surface area is 273 Å². The second-order valence-corrected chi connectivity index (χ2v) is 13.3. The summed E-state index contributed by atoms with van der Waals surface area (Å²) >= 11 is 17.3. The molecule has 1 aliphatic rings. The fraction of sp³-hybridized carbons (Fsp3) is 0.286. The van der Waals surface area contributed by atoms with E-state index in [9.17, 15) is 9.90 Å². The average Bonchev–Trinajstić information content (AvgIpc) is 3.03. The van der Waals surface area contributed by atoms with Gasteiger partial charge < -0.3 is 19.9 Å². The highest BCUT2D eigenvalue weighted by molar-refractivity contribution is 6.76. The van der Waals surface area contributed by atoms with Crippen LogP contribution in [0.4, 0.5) is 5.69 Å². The van der Waals surface area contributed by atoms with Gasteiger partial charge in [-0.15, -0.1) is 0 Å². The Morgan fingerprint density at radius 1 is 0.795 bits per heavy atom. The number of aliphatic hydroxyl groups excluding tert-OH is 1. The number of rotatable bonds is 10.